The smallest absolute Gasteiger partial charge is 0.251 e. The maximum Gasteiger partial charge on any atom is 0.251 e. The van der Waals surface area contributed by atoms with Gasteiger partial charge in [0.15, 0.2) is 5.78 Å². The lowest BCUT2D eigenvalue weighted by Crippen LogP contribution is -2.49. The van der Waals surface area contributed by atoms with Crippen molar-refractivity contribution in [1.29, 1.82) is 0 Å². The van der Waals surface area contributed by atoms with Gasteiger partial charge in [0.1, 0.15) is 11.4 Å². The summed E-state index contributed by atoms with van der Waals surface area (Å²) in [6.07, 6.45) is 1.91. The van der Waals surface area contributed by atoms with E-state index in [1.54, 1.807) is 12.1 Å². The number of benzene rings is 1. The molecule has 0 aromatic heterocycles. The number of carbonyl (C=O) groups excluding carboxylic acids is 3. The lowest BCUT2D eigenvalue weighted by molar-refractivity contribution is -0.117. The fraction of sp³-hybridized carbons (Fsp3) is 0.438. The molecule has 2 aliphatic rings. The second-order valence-corrected chi connectivity index (χ2v) is 5.99. The second-order valence-electron chi connectivity index (χ2n) is 5.99. The molecule has 122 valence electrons. The number of nitrogens with one attached hydrogen (secondary N) is 2. The van der Waals surface area contributed by atoms with Gasteiger partial charge in [-0.3, -0.25) is 14.4 Å². The molecule has 0 radical (unpaired) electrons. The van der Waals surface area contributed by atoms with Crippen molar-refractivity contribution in [1.82, 2.24) is 10.6 Å². The van der Waals surface area contributed by atoms with Gasteiger partial charge < -0.3 is 21.1 Å². The zero-order valence-electron chi connectivity index (χ0n) is 12.7. The predicted molar refractivity (Wildman–Crippen MR) is 82.4 cm³/mol. The van der Waals surface area contributed by atoms with Gasteiger partial charge in [-0.1, -0.05) is 0 Å². The molecule has 0 unspecified atom stereocenters. The predicted octanol–water partition coefficient (Wildman–Crippen LogP) is -0.0109. The molecule has 1 fully saturated rings. The first-order valence-electron chi connectivity index (χ1n) is 7.63. The minimum Gasteiger partial charge on any atom is -0.486 e. The van der Waals surface area contributed by atoms with Gasteiger partial charge >= 0.3 is 0 Å². The van der Waals surface area contributed by atoms with Crippen LogP contribution in [-0.2, 0) is 4.79 Å². The Hall–Kier alpha value is -2.41. The summed E-state index contributed by atoms with van der Waals surface area (Å²) in [7, 11) is 0. The molecule has 0 aliphatic carbocycles. The normalized spacial score (nSPS) is 18.9. The van der Waals surface area contributed by atoms with Gasteiger partial charge in [-0.2, -0.15) is 0 Å². The Labute approximate surface area is 133 Å². The molecule has 4 N–H and O–H groups in total. The number of nitrogens with two attached hydrogens (primary N) is 1. The first-order chi connectivity index (χ1) is 11.0. The Morgan fingerprint density at radius 3 is 2.74 bits per heavy atom. The van der Waals surface area contributed by atoms with E-state index in [1.807, 2.05) is 0 Å². The standard InChI is InChI=1S/C16H19N3O4/c17-14(21)9-19-15(22)10-1-2-13-11(7-10)12(20)8-16(23-13)3-5-18-6-4-16/h1-2,7,18H,3-6,8-9H2,(H2,17,21)(H,19,22). The van der Waals surface area contributed by atoms with Gasteiger partial charge in [-0.05, 0) is 31.3 Å². The van der Waals surface area contributed by atoms with E-state index in [9.17, 15) is 14.4 Å². The number of ether oxygens (including phenoxy) is 1. The Balaban J connectivity index is 1.81. The molecule has 7 nitrogen and oxygen atoms in total. The Kier molecular flexibility index (Phi) is 4.04. The maximum absolute atomic E-state index is 12.5. The van der Waals surface area contributed by atoms with E-state index in [2.05, 4.69) is 10.6 Å². The van der Waals surface area contributed by atoms with Crippen LogP contribution in [0.25, 0.3) is 0 Å². The van der Waals surface area contributed by atoms with Crippen molar-refractivity contribution < 1.29 is 19.1 Å². The maximum atomic E-state index is 12.5. The summed E-state index contributed by atoms with van der Waals surface area (Å²) in [5.74, 6) is -0.558. The monoisotopic (exact) mass is 317 g/mol. The third-order valence-corrected chi connectivity index (χ3v) is 4.29. The highest BCUT2D eigenvalue weighted by atomic mass is 16.5. The van der Waals surface area contributed by atoms with Crippen LogP contribution < -0.4 is 21.1 Å². The summed E-state index contributed by atoms with van der Waals surface area (Å²) in [6.45, 7) is 1.42. The molecule has 2 amide bonds. The van der Waals surface area contributed by atoms with Crippen molar-refractivity contribution in [3.63, 3.8) is 0 Å². The zero-order valence-corrected chi connectivity index (χ0v) is 12.7. The molecule has 3 rings (SSSR count). The van der Waals surface area contributed by atoms with Crippen LogP contribution >= 0.6 is 0 Å². The first-order valence-corrected chi connectivity index (χ1v) is 7.63. The largest absolute Gasteiger partial charge is 0.486 e. The summed E-state index contributed by atoms with van der Waals surface area (Å²) < 4.78 is 6.10. The number of ketones is 1. The van der Waals surface area contributed by atoms with Gasteiger partial charge in [0.05, 0.1) is 18.5 Å². The number of piperidine rings is 1. The molecule has 0 bridgehead atoms. The highest BCUT2D eigenvalue weighted by molar-refractivity contribution is 6.04. The van der Waals surface area contributed by atoms with Crippen LogP contribution in [0.2, 0.25) is 0 Å². The van der Waals surface area contributed by atoms with Crippen LogP contribution in [0.5, 0.6) is 5.75 Å². The van der Waals surface area contributed by atoms with E-state index < -0.39 is 17.4 Å². The summed E-state index contributed by atoms with van der Waals surface area (Å²) in [5, 5.41) is 5.66. The second kappa shape index (κ2) is 6.00. The summed E-state index contributed by atoms with van der Waals surface area (Å²) in [6, 6.07) is 4.75. The van der Waals surface area contributed by atoms with Gasteiger partial charge in [0, 0.05) is 18.4 Å². The average molecular weight is 317 g/mol. The molecule has 1 aromatic carbocycles. The summed E-state index contributed by atoms with van der Waals surface area (Å²) >= 11 is 0. The van der Waals surface area contributed by atoms with Crippen molar-refractivity contribution in [2.75, 3.05) is 19.6 Å². The summed E-state index contributed by atoms with van der Waals surface area (Å²) in [5.41, 5.74) is 5.30. The molecule has 0 atom stereocenters. The van der Waals surface area contributed by atoms with E-state index in [4.69, 9.17) is 10.5 Å². The summed E-state index contributed by atoms with van der Waals surface area (Å²) in [4.78, 5) is 35.2. The van der Waals surface area contributed by atoms with Crippen LogP contribution in [0.3, 0.4) is 0 Å². The molecule has 2 aliphatic heterocycles. The molecule has 7 heteroatoms. The SMILES string of the molecule is NC(=O)CNC(=O)c1ccc2c(c1)C(=O)CC1(CCNCC1)O2. The van der Waals surface area contributed by atoms with Crippen molar-refractivity contribution in [3.8, 4) is 5.75 Å². The van der Waals surface area contributed by atoms with Crippen LogP contribution in [0, 0.1) is 0 Å². The van der Waals surface area contributed by atoms with E-state index in [-0.39, 0.29) is 12.3 Å². The Bertz CT molecular complexity index is 665. The van der Waals surface area contributed by atoms with Crippen LogP contribution in [0.15, 0.2) is 18.2 Å². The number of hydrogen-bond donors (Lipinski definition) is 3. The highest BCUT2D eigenvalue weighted by Crippen LogP contribution is 2.38. The van der Waals surface area contributed by atoms with Crippen molar-refractivity contribution in [3.05, 3.63) is 29.3 Å². The number of amides is 2. The topological polar surface area (TPSA) is 111 Å². The first kappa shape index (κ1) is 15.5. The lowest BCUT2D eigenvalue weighted by atomic mass is 9.83. The highest BCUT2D eigenvalue weighted by Gasteiger charge is 2.41. The number of hydrogen-bond acceptors (Lipinski definition) is 5. The number of rotatable bonds is 3. The number of fused-ring (bicyclic) bond motifs is 1. The fourth-order valence-electron chi connectivity index (χ4n) is 3.07. The minimum absolute atomic E-state index is 0.0160. The van der Waals surface area contributed by atoms with Crippen LogP contribution in [-0.4, -0.2) is 42.8 Å². The van der Waals surface area contributed by atoms with E-state index in [0.717, 1.165) is 25.9 Å². The Morgan fingerprint density at radius 1 is 1.30 bits per heavy atom. The molecule has 23 heavy (non-hydrogen) atoms. The molecular formula is C16H19N3O4. The molecule has 2 heterocycles. The minimum atomic E-state index is -0.622. The molecular weight excluding hydrogens is 298 g/mol. The van der Waals surface area contributed by atoms with Crippen molar-refractivity contribution in [2.45, 2.75) is 24.9 Å². The number of Topliss-reactive ketones (excluding diaryl/α,β-unsaturated/α-hetero) is 1. The quantitative estimate of drug-likeness (QED) is 0.726. The van der Waals surface area contributed by atoms with Gasteiger partial charge in [-0.25, -0.2) is 0 Å². The number of primary amides is 1. The number of carbonyl (C=O) groups is 3. The zero-order chi connectivity index (χ0) is 16.4. The van der Waals surface area contributed by atoms with E-state index >= 15 is 0 Å². The van der Waals surface area contributed by atoms with E-state index in [0.29, 0.717) is 23.3 Å². The third-order valence-electron chi connectivity index (χ3n) is 4.29. The Morgan fingerprint density at radius 2 is 2.04 bits per heavy atom. The molecule has 1 saturated heterocycles. The fourth-order valence-corrected chi connectivity index (χ4v) is 3.07. The average Bonchev–Trinajstić information content (AvgIpc) is 2.53. The van der Waals surface area contributed by atoms with Crippen LogP contribution in [0.4, 0.5) is 0 Å². The van der Waals surface area contributed by atoms with Crippen molar-refractivity contribution >= 4 is 17.6 Å². The van der Waals surface area contributed by atoms with Gasteiger partial charge in [0.2, 0.25) is 5.91 Å². The molecule has 1 spiro atoms. The third kappa shape index (κ3) is 3.19. The lowest BCUT2D eigenvalue weighted by Gasteiger charge is -2.40. The molecule has 1 aromatic rings. The van der Waals surface area contributed by atoms with Gasteiger partial charge in [0.25, 0.3) is 5.91 Å². The van der Waals surface area contributed by atoms with Crippen LogP contribution in [0.1, 0.15) is 40.0 Å². The molecule has 0 saturated carbocycles. The van der Waals surface area contributed by atoms with Crippen molar-refractivity contribution in [2.24, 2.45) is 5.73 Å². The van der Waals surface area contributed by atoms with Gasteiger partial charge in [-0.15, -0.1) is 0 Å². The van der Waals surface area contributed by atoms with E-state index in [1.165, 1.54) is 6.07 Å².